The molecular weight excluding hydrogens is 1020 g/mol. The van der Waals surface area contributed by atoms with Crippen LogP contribution in [0.4, 0.5) is 0 Å². The summed E-state index contributed by atoms with van der Waals surface area (Å²) in [5, 5.41) is 0. The van der Waals surface area contributed by atoms with Crippen molar-refractivity contribution in [2.45, 2.75) is 284 Å². The lowest BCUT2D eigenvalue weighted by molar-refractivity contribution is -0.167. The second-order valence-corrected chi connectivity index (χ2v) is 21.6. The van der Waals surface area contributed by atoms with Crippen LogP contribution >= 0.6 is 0 Å². The van der Waals surface area contributed by atoms with Crippen LogP contribution in [0.15, 0.2) is 170 Å². The van der Waals surface area contributed by atoms with Crippen molar-refractivity contribution in [2.24, 2.45) is 0 Å². The third-order valence-electron chi connectivity index (χ3n) is 13.7. The third-order valence-corrected chi connectivity index (χ3v) is 13.7. The van der Waals surface area contributed by atoms with E-state index in [4.69, 9.17) is 14.2 Å². The molecule has 0 spiro atoms. The van der Waals surface area contributed by atoms with Crippen molar-refractivity contribution >= 4 is 17.9 Å². The minimum absolute atomic E-state index is 0.105. The zero-order chi connectivity index (χ0) is 59.9. The van der Waals surface area contributed by atoms with Crippen LogP contribution in [-0.2, 0) is 28.6 Å². The molecule has 0 saturated carbocycles. The average molecular weight is 1140 g/mol. The molecule has 0 aromatic heterocycles. The standard InChI is InChI=1S/C77H122O6/c1-4-7-10-13-16-19-22-25-28-30-32-34-36-38-40-42-44-46-49-52-55-58-61-64-67-70-76(79)82-73-74(72-81-75(78)69-66-63-60-57-54-51-48-27-24-21-18-15-12-9-6-3)83-77(80)71-68-65-62-59-56-53-50-47-45-43-41-39-37-35-33-31-29-26-23-20-17-14-11-8-5-2/h7-12,16-21,25-29,32-35,38,40,44,46,48,52,55,74H,4-6,13-15,22-24,30-31,36-37,39,41-43,45,47,49-51,53-54,56-73H2,1-3H3/b10-7-,11-8-,12-9-,19-16-,20-17-,21-18-,28-25-,29-26-,34-32-,35-33-,40-38-,46-44-,48-27-,55-52-. The van der Waals surface area contributed by atoms with E-state index in [-0.39, 0.29) is 31.1 Å². The van der Waals surface area contributed by atoms with Gasteiger partial charge in [0.2, 0.25) is 0 Å². The summed E-state index contributed by atoms with van der Waals surface area (Å²) in [6.45, 7) is 6.26. The number of allylic oxidation sites excluding steroid dienone is 28. The fraction of sp³-hybridized carbons (Fsp3) is 0.597. The van der Waals surface area contributed by atoms with Gasteiger partial charge in [0.1, 0.15) is 13.2 Å². The molecule has 466 valence electrons. The fourth-order valence-corrected chi connectivity index (χ4v) is 8.78. The molecule has 0 fully saturated rings. The number of carbonyl (C=O) groups excluding carboxylic acids is 3. The quantitative estimate of drug-likeness (QED) is 0.0261. The molecular formula is C77H122O6. The zero-order valence-electron chi connectivity index (χ0n) is 53.4. The van der Waals surface area contributed by atoms with Gasteiger partial charge in [-0.15, -0.1) is 0 Å². The van der Waals surface area contributed by atoms with Gasteiger partial charge in [0.25, 0.3) is 0 Å². The molecule has 1 atom stereocenters. The zero-order valence-corrected chi connectivity index (χ0v) is 53.4. The van der Waals surface area contributed by atoms with Gasteiger partial charge in [0.15, 0.2) is 6.10 Å². The maximum absolute atomic E-state index is 13.0. The molecule has 0 heterocycles. The first-order valence-corrected chi connectivity index (χ1v) is 33.6. The van der Waals surface area contributed by atoms with Gasteiger partial charge in [-0.2, -0.15) is 0 Å². The van der Waals surface area contributed by atoms with E-state index in [0.29, 0.717) is 19.3 Å². The van der Waals surface area contributed by atoms with Crippen LogP contribution in [0.3, 0.4) is 0 Å². The van der Waals surface area contributed by atoms with Crippen molar-refractivity contribution in [1.82, 2.24) is 0 Å². The van der Waals surface area contributed by atoms with E-state index in [0.717, 1.165) is 173 Å². The van der Waals surface area contributed by atoms with Gasteiger partial charge in [-0.05, 0) is 148 Å². The van der Waals surface area contributed by atoms with E-state index in [1.54, 1.807) is 0 Å². The summed E-state index contributed by atoms with van der Waals surface area (Å²) in [5.41, 5.74) is 0. The van der Waals surface area contributed by atoms with Crippen LogP contribution in [0.25, 0.3) is 0 Å². The molecule has 0 radical (unpaired) electrons. The number of hydrogen-bond acceptors (Lipinski definition) is 6. The van der Waals surface area contributed by atoms with Crippen LogP contribution in [-0.4, -0.2) is 37.2 Å². The molecule has 0 amide bonds. The summed E-state index contributed by atoms with van der Waals surface area (Å²) in [5.74, 6) is -0.958. The Bertz CT molecular complexity index is 1890. The van der Waals surface area contributed by atoms with Gasteiger partial charge in [-0.3, -0.25) is 14.4 Å². The topological polar surface area (TPSA) is 78.9 Å². The fourth-order valence-electron chi connectivity index (χ4n) is 8.78. The van der Waals surface area contributed by atoms with Gasteiger partial charge in [-0.1, -0.05) is 281 Å². The Morgan fingerprint density at radius 2 is 0.434 bits per heavy atom. The molecule has 0 aromatic rings. The highest BCUT2D eigenvalue weighted by Crippen LogP contribution is 2.15. The lowest BCUT2D eigenvalue weighted by Gasteiger charge is -2.18. The number of unbranched alkanes of at least 4 members (excludes halogenated alkanes) is 20. The van der Waals surface area contributed by atoms with Gasteiger partial charge in [0.05, 0.1) is 0 Å². The monoisotopic (exact) mass is 1140 g/mol. The first-order chi connectivity index (χ1) is 41.0. The van der Waals surface area contributed by atoms with E-state index < -0.39 is 6.10 Å². The van der Waals surface area contributed by atoms with Gasteiger partial charge in [-0.25, -0.2) is 0 Å². The number of ether oxygens (including phenoxy) is 3. The van der Waals surface area contributed by atoms with Crippen molar-refractivity contribution in [3.8, 4) is 0 Å². The Morgan fingerprint density at radius 3 is 0.687 bits per heavy atom. The normalized spacial score (nSPS) is 13.2. The first-order valence-electron chi connectivity index (χ1n) is 33.6. The highest BCUT2D eigenvalue weighted by Gasteiger charge is 2.19. The molecule has 6 nitrogen and oxygen atoms in total. The molecule has 6 heteroatoms. The minimum atomic E-state index is -0.811. The summed E-state index contributed by atoms with van der Waals surface area (Å²) < 4.78 is 16.9. The van der Waals surface area contributed by atoms with E-state index in [1.807, 2.05) is 0 Å². The highest BCUT2D eigenvalue weighted by atomic mass is 16.6. The van der Waals surface area contributed by atoms with Crippen LogP contribution in [0.2, 0.25) is 0 Å². The van der Waals surface area contributed by atoms with Gasteiger partial charge in [0, 0.05) is 19.3 Å². The van der Waals surface area contributed by atoms with Crippen LogP contribution in [0, 0.1) is 0 Å². The highest BCUT2D eigenvalue weighted by molar-refractivity contribution is 5.71. The lowest BCUT2D eigenvalue weighted by Crippen LogP contribution is -2.30. The van der Waals surface area contributed by atoms with Crippen molar-refractivity contribution in [2.75, 3.05) is 13.2 Å². The second-order valence-electron chi connectivity index (χ2n) is 21.6. The Morgan fingerprint density at radius 1 is 0.241 bits per heavy atom. The second kappa shape index (κ2) is 69.3. The molecule has 0 bridgehead atoms. The van der Waals surface area contributed by atoms with Crippen LogP contribution in [0.1, 0.15) is 278 Å². The molecule has 0 rings (SSSR count). The summed E-state index contributed by atoms with van der Waals surface area (Å²) in [6.07, 6.45) is 102. The number of rotatable bonds is 59. The molecule has 0 aliphatic carbocycles. The molecule has 0 saturated heterocycles. The van der Waals surface area contributed by atoms with Crippen molar-refractivity contribution < 1.29 is 28.6 Å². The molecule has 83 heavy (non-hydrogen) atoms. The molecule has 0 aliphatic heterocycles. The Kier molecular flexibility index (Phi) is 64.9. The first kappa shape index (κ1) is 77.8. The summed E-state index contributed by atoms with van der Waals surface area (Å²) >= 11 is 0. The number of hydrogen-bond donors (Lipinski definition) is 0. The third kappa shape index (κ3) is 67.4. The van der Waals surface area contributed by atoms with Crippen molar-refractivity contribution in [3.63, 3.8) is 0 Å². The maximum atomic E-state index is 13.0. The van der Waals surface area contributed by atoms with Crippen molar-refractivity contribution in [1.29, 1.82) is 0 Å². The average Bonchev–Trinajstić information content (AvgIpc) is 3.49. The van der Waals surface area contributed by atoms with E-state index in [9.17, 15) is 14.4 Å². The SMILES string of the molecule is CC/C=C\C/C=C\C/C=C\C/C=C\C/C=C\C/C=C\C/C=C\CCCCCC(=O)OCC(COC(=O)CCCCCCC/C=C\C/C=C\C/C=C\CC)OC(=O)CCCCCCCCCCCCCC/C=C\C/C=C\C/C=C\C/C=C\CC. The van der Waals surface area contributed by atoms with E-state index >= 15 is 0 Å². The van der Waals surface area contributed by atoms with E-state index in [1.165, 1.54) is 64.2 Å². The molecule has 0 aliphatic rings. The minimum Gasteiger partial charge on any atom is -0.462 e. The molecule has 0 N–H and O–H groups in total. The van der Waals surface area contributed by atoms with Crippen LogP contribution in [0.5, 0.6) is 0 Å². The molecule has 1 unspecified atom stereocenters. The predicted molar refractivity (Wildman–Crippen MR) is 361 cm³/mol. The summed E-state index contributed by atoms with van der Waals surface area (Å²) in [4.78, 5) is 38.4. The maximum Gasteiger partial charge on any atom is 0.306 e. The summed E-state index contributed by atoms with van der Waals surface area (Å²) in [6, 6.07) is 0. The van der Waals surface area contributed by atoms with Crippen LogP contribution < -0.4 is 0 Å². The largest absolute Gasteiger partial charge is 0.462 e. The Labute approximate surface area is 511 Å². The van der Waals surface area contributed by atoms with Crippen molar-refractivity contribution in [3.05, 3.63) is 170 Å². The van der Waals surface area contributed by atoms with Gasteiger partial charge < -0.3 is 14.2 Å². The number of carbonyl (C=O) groups is 3. The Balaban J connectivity index is 4.46. The van der Waals surface area contributed by atoms with Gasteiger partial charge >= 0.3 is 17.9 Å². The lowest BCUT2D eigenvalue weighted by atomic mass is 10.0. The Hall–Kier alpha value is -5.23. The predicted octanol–water partition coefficient (Wildman–Crippen LogP) is 23.4. The number of esters is 3. The smallest absolute Gasteiger partial charge is 0.306 e. The summed E-state index contributed by atoms with van der Waals surface area (Å²) in [7, 11) is 0. The van der Waals surface area contributed by atoms with E-state index in [2.05, 4.69) is 191 Å². The molecule has 0 aromatic carbocycles.